The van der Waals surface area contributed by atoms with Crippen LogP contribution in [0.2, 0.25) is 5.15 Å². The van der Waals surface area contributed by atoms with Gasteiger partial charge in [0, 0.05) is 42.4 Å². The minimum absolute atomic E-state index is 0.0271. The molecule has 82 heavy (non-hydrogen) atoms. The van der Waals surface area contributed by atoms with Gasteiger partial charge in [-0.3, -0.25) is 9.59 Å². The van der Waals surface area contributed by atoms with Gasteiger partial charge in [0.15, 0.2) is 0 Å². The number of anilines is 2. The highest BCUT2D eigenvalue weighted by molar-refractivity contribution is 7.15. The number of aromatic nitrogens is 4. The van der Waals surface area contributed by atoms with Gasteiger partial charge in [0.1, 0.15) is 44.5 Å². The lowest BCUT2D eigenvalue weighted by Crippen LogP contribution is -2.47. The molecule has 0 spiro atoms. The molecular formula is C59H67ClF6N6O8S2. The first-order valence-corrected chi connectivity index (χ1v) is 30.0. The number of ether oxygens (including phenoxy) is 2. The van der Waals surface area contributed by atoms with Crippen molar-refractivity contribution in [1.82, 2.24) is 19.9 Å². The Labute approximate surface area is 486 Å². The van der Waals surface area contributed by atoms with Crippen LogP contribution in [0.25, 0.3) is 0 Å². The molecular weight excluding hydrogens is 1130 g/mol. The summed E-state index contributed by atoms with van der Waals surface area (Å²) in [6.45, 7) is 4.34. The van der Waals surface area contributed by atoms with Gasteiger partial charge in [-0.25, -0.2) is 29.5 Å². The number of halogens is 7. The Hall–Kier alpha value is -5.81. The van der Waals surface area contributed by atoms with Crippen LogP contribution in [0.3, 0.4) is 0 Å². The lowest BCUT2D eigenvalue weighted by molar-refractivity contribution is -0.169. The first-order chi connectivity index (χ1) is 39.0. The van der Waals surface area contributed by atoms with E-state index in [4.69, 9.17) is 21.1 Å². The molecule has 4 aromatic rings. The lowest BCUT2D eigenvalue weighted by Gasteiger charge is -2.39. The molecule has 23 heteroatoms. The van der Waals surface area contributed by atoms with Crippen LogP contribution in [0.15, 0.2) is 49.3 Å². The molecule has 0 saturated heterocycles. The normalized spacial score (nSPS) is 25.3. The zero-order valence-corrected chi connectivity index (χ0v) is 48.3. The summed E-state index contributed by atoms with van der Waals surface area (Å²) in [6.07, 6.45) is 8.03. The SMILES string of the molecule is CC1CCC(C(=O)N(c2cc(C#CC3(C(F)(F)F)CC3)sc2C(=O)O)C2CCC(Oc3ccncn3)CC2)CC1.COC(=O)c1sc(C#CC2(C(F)(F)F)CC2)cc1N(C(=O)C1CCC(C)CC1)C1CCC(O)CC1.Clc1ccncn1. The van der Waals surface area contributed by atoms with Gasteiger partial charge in [0.25, 0.3) is 0 Å². The van der Waals surface area contributed by atoms with Crippen molar-refractivity contribution in [2.75, 3.05) is 16.9 Å². The van der Waals surface area contributed by atoms with E-state index in [0.717, 1.165) is 74.0 Å². The van der Waals surface area contributed by atoms with Gasteiger partial charge in [-0.1, -0.05) is 49.1 Å². The van der Waals surface area contributed by atoms with Crippen LogP contribution in [0.1, 0.15) is 171 Å². The highest BCUT2D eigenvalue weighted by Gasteiger charge is 2.63. The highest BCUT2D eigenvalue weighted by Crippen LogP contribution is 2.58. The number of aliphatic hydroxyl groups excluding tert-OH is 1. The van der Waals surface area contributed by atoms with E-state index in [-0.39, 0.29) is 87.8 Å². The summed E-state index contributed by atoms with van der Waals surface area (Å²) in [5, 5.41) is 20.5. The van der Waals surface area contributed by atoms with E-state index in [0.29, 0.717) is 84.8 Å². The van der Waals surface area contributed by atoms with Crippen LogP contribution in [0.4, 0.5) is 37.7 Å². The van der Waals surface area contributed by atoms with Crippen LogP contribution < -0.4 is 14.5 Å². The van der Waals surface area contributed by atoms with Gasteiger partial charge in [-0.05, 0) is 158 Å². The zero-order chi connectivity index (χ0) is 59.0. The van der Waals surface area contributed by atoms with Gasteiger partial charge in [0.2, 0.25) is 17.7 Å². The number of thiophene rings is 2. The van der Waals surface area contributed by atoms with E-state index < -0.39 is 41.2 Å². The van der Waals surface area contributed by atoms with Crippen molar-refractivity contribution in [3.05, 3.63) is 74.0 Å². The standard InChI is InChI=1S/C29H32F3N3O4S.C26H32F3NO4S.C4H3ClN2/c1-18-2-4-19(5-3-18)26(36)35(20-6-8-21(9-7-20)39-24-11-15-33-17-34-24)23-16-22(40-25(23)27(37)38)10-12-28(13-14-28)29(30,31)32;1-16-3-5-17(6-4-16)23(32)30(18-7-9-19(31)10-8-18)21-15-20(35-22(21)24(33)34-2)11-12-25(13-14-25)26(27,28)29;5-4-1-2-6-3-7-4/h11,15-21H,2-9,13-14H2,1H3,(H,37,38);15-19,31H,3-10,13-14H2,1-2H3;1-3H. The third kappa shape index (κ3) is 15.5. The molecule has 6 aliphatic rings. The monoisotopic (exact) mass is 1200 g/mol. The maximum absolute atomic E-state index is 14.0. The third-order valence-electron chi connectivity index (χ3n) is 16.6. The maximum Gasteiger partial charge on any atom is 0.405 e. The van der Waals surface area contributed by atoms with Crippen LogP contribution in [0.5, 0.6) is 5.88 Å². The van der Waals surface area contributed by atoms with Crippen molar-refractivity contribution in [1.29, 1.82) is 0 Å². The Balaban J connectivity index is 0.000000193. The highest BCUT2D eigenvalue weighted by atomic mass is 35.5. The molecule has 4 heterocycles. The topological polar surface area (TPSA) is 185 Å². The second-order valence-corrected chi connectivity index (χ2v) is 25.0. The smallest absolute Gasteiger partial charge is 0.405 e. The predicted octanol–water partition coefficient (Wildman–Crippen LogP) is 13.3. The van der Waals surface area contributed by atoms with Gasteiger partial charge in [0.05, 0.1) is 34.3 Å². The lowest BCUT2D eigenvalue weighted by atomic mass is 9.81. The number of rotatable bonds is 10. The van der Waals surface area contributed by atoms with Crippen molar-refractivity contribution in [2.45, 2.75) is 179 Å². The van der Waals surface area contributed by atoms with E-state index >= 15 is 0 Å². The number of carboxylic acid groups (broad SMARTS) is 1. The summed E-state index contributed by atoms with van der Waals surface area (Å²) in [7, 11) is 1.24. The number of carbonyl (C=O) groups excluding carboxylic acids is 3. The molecule has 2 amide bonds. The number of hydrogen-bond acceptors (Lipinski definition) is 13. The number of carboxylic acids is 1. The van der Waals surface area contributed by atoms with Crippen LogP contribution >= 0.6 is 34.3 Å². The fourth-order valence-electron chi connectivity index (χ4n) is 11.1. The summed E-state index contributed by atoms with van der Waals surface area (Å²) in [6, 6.07) is 5.93. The summed E-state index contributed by atoms with van der Waals surface area (Å²) >= 11 is 7.19. The Morgan fingerprint density at radius 1 is 0.646 bits per heavy atom. The van der Waals surface area contributed by atoms with E-state index in [1.54, 1.807) is 40.4 Å². The van der Waals surface area contributed by atoms with E-state index in [2.05, 4.69) is 57.5 Å². The number of methoxy groups -OCH3 is 1. The number of hydrogen-bond donors (Lipinski definition) is 2. The molecule has 6 aliphatic carbocycles. The fourth-order valence-corrected chi connectivity index (χ4v) is 13.0. The Kier molecular flexibility index (Phi) is 20.4. The zero-order valence-electron chi connectivity index (χ0n) is 45.9. The minimum Gasteiger partial charge on any atom is -0.477 e. The van der Waals surface area contributed by atoms with Crippen LogP contribution in [-0.4, -0.2) is 97.7 Å². The van der Waals surface area contributed by atoms with Gasteiger partial charge in [-0.2, -0.15) is 26.3 Å². The molecule has 0 radical (unpaired) electrons. The van der Waals surface area contributed by atoms with E-state index in [1.807, 2.05) is 0 Å². The van der Waals surface area contributed by atoms with E-state index in [1.165, 1.54) is 25.8 Å². The second-order valence-electron chi connectivity index (χ2n) is 22.5. The van der Waals surface area contributed by atoms with Crippen LogP contribution in [-0.2, 0) is 14.3 Å². The van der Waals surface area contributed by atoms with E-state index in [9.17, 15) is 55.7 Å². The van der Waals surface area contributed by atoms with Crippen molar-refractivity contribution in [3.8, 4) is 29.6 Å². The largest absolute Gasteiger partial charge is 0.477 e. The number of esters is 1. The predicted molar refractivity (Wildman–Crippen MR) is 297 cm³/mol. The van der Waals surface area contributed by atoms with Crippen molar-refractivity contribution < 1.29 is 65.2 Å². The molecule has 0 aromatic carbocycles. The van der Waals surface area contributed by atoms with Crippen LogP contribution in [0, 0.1) is 58.2 Å². The Morgan fingerprint density at radius 2 is 1.09 bits per heavy atom. The quantitative estimate of drug-likeness (QED) is 0.0664. The number of aromatic carboxylic acids is 1. The van der Waals surface area contributed by atoms with Crippen molar-refractivity contribution >= 4 is 69.4 Å². The molecule has 6 fully saturated rings. The molecule has 0 bridgehead atoms. The molecule has 10 rings (SSSR count). The maximum atomic E-state index is 14.0. The summed E-state index contributed by atoms with van der Waals surface area (Å²) in [5.41, 5.74) is -3.39. The van der Waals surface area contributed by atoms with Gasteiger partial charge < -0.3 is 29.5 Å². The number of aliphatic hydroxyl groups is 1. The molecule has 0 unspecified atom stereocenters. The molecule has 2 N–H and O–H groups in total. The number of nitrogens with zero attached hydrogens (tertiary/aromatic N) is 6. The third-order valence-corrected chi connectivity index (χ3v) is 18.8. The average molecular weight is 1200 g/mol. The fraction of sp³-hybridized carbons (Fsp3) is 0.593. The summed E-state index contributed by atoms with van der Waals surface area (Å²) in [5.74, 6) is 9.16. The Bertz CT molecular complexity index is 2970. The molecule has 0 aliphatic heterocycles. The molecule has 4 aromatic heterocycles. The van der Waals surface area contributed by atoms with Gasteiger partial charge >= 0.3 is 24.3 Å². The Morgan fingerprint density at radius 3 is 1.46 bits per heavy atom. The molecule has 6 saturated carbocycles. The number of alkyl halides is 6. The first kappa shape index (κ1) is 62.2. The van der Waals surface area contributed by atoms with Gasteiger partial charge in [-0.15, -0.1) is 22.7 Å². The summed E-state index contributed by atoms with van der Waals surface area (Å²) < 4.78 is 91.3. The van der Waals surface area contributed by atoms with Crippen molar-refractivity contribution in [2.24, 2.45) is 34.5 Å². The summed E-state index contributed by atoms with van der Waals surface area (Å²) in [4.78, 5) is 72.1. The second kappa shape index (κ2) is 26.8. The molecule has 0 atom stereocenters. The molecule has 442 valence electrons. The minimum atomic E-state index is -4.43. The molecule has 14 nitrogen and oxygen atoms in total. The first-order valence-electron chi connectivity index (χ1n) is 28.0. The number of amides is 2. The van der Waals surface area contributed by atoms with Crippen molar-refractivity contribution in [3.63, 3.8) is 0 Å². The number of carbonyl (C=O) groups is 4. The average Bonchev–Trinajstić information content (AvgIpc) is 4.52.